The fourth-order valence-corrected chi connectivity index (χ4v) is 2.39. The second-order valence-corrected chi connectivity index (χ2v) is 4.98. The Morgan fingerprint density at radius 3 is 2.53 bits per heavy atom. The van der Waals surface area contributed by atoms with E-state index < -0.39 is 0 Å². The zero-order valence-corrected chi connectivity index (χ0v) is 10.8. The summed E-state index contributed by atoms with van der Waals surface area (Å²) >= 11 is 0. The molecule has 0 spiro atoms. The van der Waals surface area contributed by atoms with Crippen molar-refractivity contribution >= 4 is 5.69 Å². The standard InChI is InChI=1S/C14H22N2O/c1-12-4-3-5-14(10-12)16-8-6-15(7-9-16)11-13(2)17/h3-5,10,13,17H,6-9,11H2,1-2H3/t13-/m0/s1. The lowest BCUT2D eigenvalue weighted by atomic mass is 10.2. The summed E-state index contributed by atoms with van der Waals surface area (Å²) in [6.45, 7) is 8.96. The minimum Gasteiger partial charge on any atom is -0.392 e. The number of benzene rings is 1. The second-order valence-electron chi connectivity index (χ2n) is 4.98. The summed E-state index contributed by atoms with van der Waals surface area (Å²) in [5.41, 5.74) is 2.63. The molecule has 1 atom stereocenters. The molecular formula is C14H22N2O. The molecule has 0 aromatic heterocycles. The lowest BCUT2D eigenvalue weighted by Gasteiger charge is -2.36. The second kappa shape index (κ2) is 5.52. The summed E-state index contributed by atoms with van der Waals surface area (Å²) in [5, 5.41) is 9.37. The third kappa shape index (κ3) is 3.45. The number of hydrogen-bond acceptors (Lipinski definition) is 3. The molecular weight excluding hydrogens is 212 g/mol. The first kappa shape index (κ1) is 12.4. The van der Waals surface area contributed by atoms with Crippen molar-refractivity contribution in [3.63, 3.8) is 0 Å². The highest BCUT2D eigenvalue weighted by molar-refractivity contribution is 5.48. The third-order valence-corrected chi connectivity index (χ3v) is 3.26. The molecule has 1 aliphatic heterocycles. The number of anilines is 1. The van der Waals surface area contributed by atoms with Gasteiger partial charge in [-0.3, -0.25) is 4.90 Å². The van der Waals surface area contributed by atoms with E-state index in [2.05, 4.69) is 41.0 Å². The number of aliphatic hydroxyl groups excluding tert-OH is 1. The summed E-state index contributed by atoms with van der Waals surface area (Å²) in [4.78, 5) is 4.75. The van der Waals surface area contributed by atoms with Gasteiger partial charge in [-0.05, 0) is 31.5 Å². The summed E-state index contributed by atoms with van der Waals surface area (Å²) in [6, 6.07) is 8.67. The van der Waals surface area contributed by atoms with Crippen LogP contribution in [0.5, 0.6) is 0 Å². The van der Waals surface area contributed by atoms with Crippen molar-refractivity contribution in [2.75, 3.05) is 37.6 Å². The van der Waals surface area contributed by atoms with E-state index in [4.69, 9.17) is 0 Å². The van der Waals surface area contributed by atoms with Crippen LogP contribution in [0.25, 0.3) is 0 Å². The van der Waals surface area contributed by atoms with Gasteiger partial charge in [0.1, 0.15) is 0 Å². The van der Waals surface area contributed by atoms with Crippen LogP contribution in [0.1, 0.15) is 12.5 Å². The fourth-order valence-electron chi connectivity index (χ4n) is 2.39. The minimum atomic E-state index is -0.222. The first-order chi connectivity index (χ1) is 8.15. The maximum atomic E-state index is 9.37. The molecule has 94 valence electrons. The van der Waals surface area contributed by atoms with Gasteiger partial charge >= 0.3 is 0 Å². The molecule has 17 heavy (non-hydrogen) atoms. The van der Waals surface area contributed by atoms with Crippen LogP contribution in [0.15, 0.2) is 24.3 Å². The van der Waals surface area contributed by atoms with E-state index >= 15 is 0 Å². The highest BCUT2D eigenvalue weighted by atomic mass is 16.3. The number of aliphatic hydroxyl groups is 1. The zero-order chi connectivity index (χ0) is 12.3. The third-order valence-electron chi connectivity index (χ3n) is 3.26. The van der Waals surface area contributed by atoms with Crippen LogP contribution in [0, 0.1) is 6.92 Å². The summed E-state index contributed by atoms with van der Waals surface area (Å²) in [7, 11) is 0. The maximum Gasteiger partial charge on any atom is 0.0639 e. The molecule has 0 radical (unpaired) electrons. The summed E-state index contributed by atoms with van der Waals surface area (Å²) in [5.74, 6) is 0. The Morgan fingerprint density at radius 1 is 1.24 bits per heavy atom. The molecule has 2 rings (SSSR count). The van der Waals surface area contributed by atoms with E-state index in [1.54, 1.807) is 0 Å². The number of piperazine rings is 1. The van der Waals surface area contributed by atoms with Crippen LogP contribution in [-0.4, -0.2) is 48.8 Å². The molecule has 1 heterocycles. The molecule has 1 aliphatic rings. The van der Waals surface area contributed by atoms with Gasteiger partial charge in [0.25, 0.3) is 0 Å². The predicted molar refractivity (Wildman–Crippen MR) is 71.5 cm³/mol. The van der Waals surface area contributed by atoms with Gasteiger partial charge in [0, 0.05) is 38.4 Å². The van der Waals surface area contributed by atoms with Crippen molar-refractivity contribution in [3.05, 3.63) is 29.8 Å². The fraction of sp³-hybridized carbons (Fsp3) is 0.571. The number of hydrogen-bond donors (Lipinski definition) is 1. The quantitative estimate of drug-likeness (QED) is 0.858. The Balaban J connectivity index is 1.91. The van der Waals surface area contributed by atoms with Gasteiger partial charge in [0.2, 0.25) is 0 Å². The topological polar surface area (TPSA) is 26.7 Å². The molecule has 0 saturated carbocycles. The molecule has 1 saturated heterocycles. The van der Waals surface area contributed by atoms with Gasteiger partial charge < -0.3 is 10.0 Å². The number of rotatable bonds is 3. The molecule has 0 amide bonds. The first-order valence-corrected chi connectivity index (χ1v) is 6.37. The molecule has 0 bridgehead atoms. The lowest BCUT2D eigenvalue weighted by Crippen LogP contribution is -2.48. The molecule has 1 N–H and O–H groups in total. The van der Waals surface area contributed by atoms with Crippen molar-refractivity contribution in [3.8, 4) is 0 Å². The molecule has 0 unspecified atom stereocenters. The monoisotopic (exact) mass is 234 g/mol. The molecule has 1 aromatic carbocycles. The van der Waals surface area contributed by atoms with Crippen molar-refractivity contribution in [1.82, 2.24) is 4.90 Å². The van der Waals surface area contributed by atoms with Crippen molar-refractivity contribution in [2.24, 2.45) is 0 Å². The summed E-state index contributed by atoms with van der Waals surface area (Å²) < 4.78 is 0. The highest BCUT2D eigenvalue weighted by Crippen LogP contribution is 2.17. The molecule has 1 aromatic rings. The van der Waals surface area contributed by atoms with E-state index in [-0.39, 0.29) is 6.10 Å². The largest absolute Gasteiger partial charge is 0.392 e. The van der Waals surface area contributed by atoms with Gasteiger partial charge in [-0.15, -0.1) is 0 Å². The Bertz CT molecular complexity index is 357. The van der Waals surface area contributed by atoms with Crippen LogP contribution >= 0.6 is 0 Å². The SMILES string of the molecule is Cc1cccc(N2CCN(C[C@H](C)O)CC2)c1. The Hall–Kier alpha value is -1.06. The van der Waals surface area contributed by atoms with E-state index in [0.29, 0.717) is 0 Å². The van der Waals surface area contributed by atoms with Crippen LogP contribution < -0.4 is 4.90 Å². The van der Waals surface area contributed by atoms with E-state index in [0.717, 1.165) is 32.7 Å². The van der Waals surface area contributed by atoms with Gasteiger partial charge in [0.15, 0.2) is 0 Å². The van der Waals surface area contributed by atoms with Gasteiger partial charge in [-0.1, -0.05) is 12.1 Å². The zero-order valence-electron chi connectivity index (χ0n) is 10.8. The van der Waals surface area contributed by atoms with Crippen LogP contribution in [0.4, 0.5) is 5.69 Å². The lowest BCUT2D eigenvalue weighted by molar-refractivity contribution is 0.123. The maximum absolute atomic E-state index is 9.37. The Morgan fingerprint density at radius 2 is 1.94 bits per heavy atom. The summed E-state index contributed by atoms with van der Waals surface area (Å²) in [6.07, 6.45) is -0.222. The van der Waals surface area contributed by atoms with Gasteiger partial charge in [-0.2, -0.15) is 0 Å². The van der Waals surface area contributed by atoms with E-state index in [1.165, 1.54) is 11.3 Å². The van der Waals surface area contributed by atoms with E-state index in [1.807, 2.05) is 6.92 Å². The average Bonchev–Trinajstić information content (AvgIpc) is 2.29. The molecule has 3 nitrogen and oxygen atoms in total. The molecule has 3 heteroatoms. The van der Waals surface area contributed by atoms with Gasteiger partial charge in [-0.25, -0.2) is 0 Å². The normalized spacial score (nSPS) is 19.4. The highest BCUT2D eigenvalue weighted by Gasteiger charge is 2.17. The van der Waals surface area contributed by atoms with Crippen LogP contribution in [-0.2, 0) is 0 Å². The number of nitrogens with zero attached hydrogens (tertiary/aromatic N) is 2. The van der Waals surface area contributed by atoms with Crippen LogP contribution in [0.2, 0.25) is 0 Å². The van der Waals surface area contributed by atoms with Crippen molar-refractivity contribution in [1.29, 1.82) is 0 Å². The molecule has 0 aliphatic carbocycles. The van der Waals surface area contributed by atoms with Gasteiger partial charge in [0.05, 0.1) is 6.10 Å². The van der Waals surface area contributed by atoms with E-state index in [9.17, 15) is 5.11 Å². The average molecular weight is 234 g/mol. The van der Waals surface area contributed by atoms with Crippen molar-refractivity contribution < 1.29 is 5.11 Å². The Kier molecular flexibility index (Phi) is 4.02. The number of aryl methyl sites for hydroxylation is 1. The number of β-amino-alcohol motifs (C(OH)–C–C–N with tert-alkyl or cyclic N) is 1. The smallest absolute Gasteiger partial charge is 0.0639 e. The first-order valence-electron chi connectivity index (χ1n) is 6.37. The molecule has 1 fully saturated rings. The minimum absolute atomic E-state index is 0.222. The van der Waals surface area contributed by atoms with Crippen molar-refractivity contribution in [2.45, 2.75) is 20.0 Å². The Labute approximate surface area is 104 Å². The predicted octanol–water partition coefficient (Wildman–Crippen LogP) is 1.50. The van der Waals surface area contributed by atoms with Crippen LogP contribution in [0.3, 0.4) is 0 Å².